The molecule has 2 unspecified atom stereocenters. The number of esters is 1. The molecule has 1 fully saturated rings. The predicted molar refractivity (Wildman–Crippen MR) is 94.7 cm³/mol. The first-order valence-corrected chi connectivity index (χ1v) is 8.68. The zero-order valence-corrected chi connectivity index (χ0v) is 16.0. The molecule has 0 aromatic heterocycles. The highest BCUT2D eigenvalue weighted by Crippen LogP contribution is 2.35. The summed E-state index contributed by atoms with van der Waals surface area (Å²) in [5, 5.41) is 2.78. The Kier molecular flexibility index (Phi) is 7.58. The zero-order valence-electron chi connectivity index (χ0n) is 16.0. The summed E-state index contributed by atoms with van der Waals surface area (Å²) in [6.45, 7) is 7.18. The number of hydrogen-bond acceptors (Lipinski definition) is 6. The molecule has 2 atom stereocenters. The zero-order chi connectivity index (χ0) is 19.2. The van der Waals surface area contributed by atoms with Gasteiger partial charge in [0.2, 0.25) is 0 Å². The van der Waals surface area contributed by atoms with Crippen LogP contribution in [0.1, 0.15) is 53.4 Å². The number of carbonyl (C=O) groups is 3. The van der Waals surface area contributed by atoms with Crippen molar-refractivity contribution in [1.82, 2.24) is 5.32 Å². The van der Waals surface area contributed by atoms with E-state index in [0.717, 1.165) is 12.8 Å². The van der Waals surface area contributed by atoms with Gasteiger partial charge in [0.25, 0.3) is 0 Å². The third-order valence-corrected chi connectivity index (χ3v) is 4.06. The number of rotatable bonds is 8. The number of Topliss-reactive ketones (excluding diaryl/α,β-unsaturated/α-hetero) is 1. The lowest BCUT2D eigenvalue weighted by atomic mass is 9.91. The van der Waals surface area contributed by atoms with Crippen LogP contribution in [0.15, 0.2) is 4.99 Å². The molecule has 0 aliphatic heterocycles. The average Bonchev–Trinajstić information content (AvgIpc) is 3.33. The lowest BCUT2D eigenvalue weighted by Gasteiger charge is -2.24. The number of ether oxygens (including phenoxy) is 2. The van der Waals surface area contributed by atoms with E-state index in [9.17, 15) is 14.4 Å². The molecule has 0 spiro atoms. The Bertz CT molecular complexity index is 532. The van der Waals surface area contributed by atoms with Crippen molar-refractivity contribution < 1.29 is 23.9 Å². The Hall–Kier alpha value is -1.92. The molecule has 0 radical (unpaired) electrons. The first kappa shape index (κ1) is 21.1. The van der Waals surface area contributed by atoms with Gasteiger partial charge in [-0.2, -0.15) is 0 Å². The first-order chi connectivity index (χ1) is 11.6. The Labute approximate surface area is 149 Å². The van der Waals surface area contributed by atoms with Gasteiger partial charge in [0.05, 0.1) is 7.11 Å². The van der Waals surface area contributed by atoms with Crippen LogP contribution < -0.4 is 5.32 Å². The van der Waals surface area contributed by atoms with Gasteiger partial charge in [0.15, 0.2) is 11.7 Å². The maximum Gasteiger partial charge on any atom is 0.407 e. The van der Waals surface area contributed by atoms with Gasteiger partial charge in [-0.15, -0.1) is 0 Å². The topological polar surface area (TPSA) is 94.1 Å². The number of ketones is 1. The van der Waals surface area contributed by atoms with Crippen LogP contribution in [-0.2, 0) is 19.1 Å². The average molecular weight is 354 g/mol. The SMILES string of the molecule is CCC(=NC)C(C(=O)CC(NC(=O)OC(C)(C)C)C1CC1)C(=O)OC. The van der Waals surface area contributed by atoms with E-state index in [1.165, 1.54) is 7.11 Å². The van der Waals surface area contributed by atoms with Gasteiger partial charge in [-0.25, -0.2) is 4.79 Å². The molecule has 1 N–H and O–H groups in total. The second-order valence-electron chi connectivity index (χ2n) is 7.29. The molecular formula is C18H30N2O5. The molecule has 0 saturated heterocycles. The molecule has 0 aromatic rings. The van der Waals surface area contributed by atoms with E-state index < -0.39 is 23.6 Å². The summed E-state index contributed by atoms with van der Waals surface area (Å²) in [5.41, 5.74) is -0.121. The maximum atomic E-state index is 12.7. The molecule has 142 valence electrons. The van der Waals surface area contributed by atoms with E-state index in [4.69, 9.17) is 9.47 Å². The number of carbonyl (C=O) groups excluding carboxylic acids is 3. The number of aliphatic imine (C=N–C) groups is 1. The fourth-order valence-corrected chi connectivity index (χ4v) is 2.69. The van der Waals surface area contributed by atoms with Crippen molar-refractivity contribution in [3.8, 4) is 0 Å². The molecule has 1 rings (SSSR count). The second kappa shape index (κ2) is 8.97. The van der Waals surface area contributed by atoms with Crippen molar-refractivity contribution in [3.05, 3.63) is 0 Å². The Balaban J connectivity index is 2.83. The van der Waals surface area contributed by atoms with E-state index >= 15 is 0 Å². The van der Waals surface area contributed by atoms with Crippen LogP contribution in [-0.4, -0.2) is 49.4 Å². The molecule has 1 aliphatic rings. The minimum absolute atomic E-state index is 0.0582. The van der Waals surface area contributed by atoms with E-state index in [1.807, 2.05) is 6.92 Å². The monoisotopic (exact) mass is 354 g/mol. The van der Waals surface area contributed by atoms with Crippen molar-refractivity contribution >= 4 is 23.6 Å². The fourth-order valence-electron chi connectivity index (χ4n) is 2.69. The van der Waals surface area contributed by atoms with Crippen molar-refractivity contribution in [2.24, 2.45) is 16.8 Å². The smallest absolute Gasteiger partial charge is 0.407 e. The summed E-state index contributed by atoms with van der Waals surface area (Å²) in [5.74, 6) is -1.68. The van der Waals surface area contributed by atoms with E-state index in [0.29, 0.717) is 12.1 Å². The van der Waals surface area contributed by atoms with Gasteiger partial charge >= 0.3 is 12.1 Å². The van der Waals surface area contributed by atoms with E-state index in [1.54, 1.807) is 27.8 Å². The van der Waals surface area contributed by atoms with Gasteiger partial charge in [-0.3, -0.25) is 14.6 Å². The summed E-state index contributed by atoms with van der Waals surface area (Å²) in [6.07, 6.45) is 1.88. The highest BCUT2D eigenvalue weighted by Gasteiger charge is 2.39. The minimum atomic E-state index is -1.01. The molecule has 1 amide bonds. The number of nitrogens with zero attached hydrogens (tertiary/aromatic N) is 1. The molecule has 0 bridgehead atoms. The molecular weight excluding hydrogens is 324 g/mol. The van der Waals surface area contributed by atoms with Crippen LogP contribution in [0.4, 0.5) is 4.79 Å². The third kappa shape index (κ3) is 6.84. The predicted octanol–water partition coefficient (Wildman–Crippen LogP) is 2.52. The minimum Gasteiger partial charge on any atom is -0.468 e. The lowest BCUT2D eigenvalue weighted by Crippen LogP contribution is -2.43. The second-order valence-corrected chi connectivity index (χ2v) is 7.29. The molecule has 1 saturated carbocycles. The number of alkyl carbamates (subject to hydrolysis) is 1. The van der Waals surface area contributed by atoms with Crippen LogP contribution in [0.25, 0.3) is 0 Å². The summed E-state index contributed by atoms with van der Waals surface area (Å²) in [7, 11) is 2.81. The number of amides is 1. The maximum absolute atomic E-state index is 12.7. The van der Waals surface area contributed by atoms with Gasteiger partial charge in [-0.1, -0.05) is 6.92 Å². The highest BCUT2D eigenvalue weighted by atomic mass is 16.6. The quantitative estimate of drug-likeness (QED) is 0.411. The van der Waals surface area contributed by atoms with Gasteiger partial charge in [0.1, 0.15) is 5.60 Å². The summed E-state index contributed by atoms with van der Waals surface area (Å²) < 4.78 is 10.0. The molecule has 1 aliphatic carbocycles. The normalized spacial score (nSPS) is 17.4. The summed E-state index contributed by atoms with van der Waals surface area (Å²) in [4.78, 5) is 40.9. The lowest BCUT2D eigenvalue weighted by molar-refractivity contribution is -0.146. The van der Waals surface area contributed by atoms with Crippen LogP contribution in [0.5, 0.6) is 0 Å². The molecule has 7 nitrogen and oxygen atoms in total. The van der Waals surface area contributed by atoms with Crippen LogP contribution >= 0.6 is 0 Å². The van der Waals surface area contributed by atoms with Gasteiger partial charge < -0.3 is 14.8 Å². The van der Waals surface area contributed by atoms with Crippen LogP contribution in [0, 0.1) is 11.8 Å². The van der Waals surface area contributed by atoms with Crippen molar-refractivity contribution in [2.75, 3.05) is 14.2 Å². The standard InChI is InChI=1S/C18H30N2O5/c1-7-12(19-5)15(16(22)24-6)14(21)10-13(11-8-9-11)20-17(23)25-18(2,3)4/h11,13,15H,7-10H2,1-6H3,(H,20,23). The van der Waals surface area contributed by atoms with Crippen molar-refractivity contribution in [2.45, 2.75) is 65.0 Å². The Morgan fingerprint density at radius 1 is 1.24 bits per heavy atom. The highest BCUT2D eigenvalue weighted by molar-refractivity contribution is 6.19. The molecule has 0 heterocycles. The van der Waals surface area contributed by atoms with Gasteiger partial charge in [0, 0.05) is 25.2 Å². The van der Waals surface area contributed by atoms with E-state index in [-0.39, 0.29) is 24.2 Å². The fraction of sp³-hybridized carbons (Fsp3) is 0.778. The summed E-state index contributed by atoms with van der Waals surface area (Å²) in [6, 6.07) is -0.343. The summed E-state index contributed by atoms with van der Waals surface area (Å²) >= 11 is 0. The largest absolute Gasteiger partial charge is 0.468 e. The van der Waals surface area contributed by atoms with Crippen LogP contribution in [0.2, 0.25) is 0 Å². The molecule has 0 aromatic carbocycles. The number of nitrogens with one attached hydrogen (secondary N) is 1. The number of hydrogen-bond donors (Lipinski definition) is 1. The van der Waals surface area contributed by atoms with Crippen molar-refractivity contribution in [3.63, 3.8) is 0 Å². The Morgan fingerprint density at radius 3 is 2.24 bits per heavy atom. The van der Waals surface area contributed by atoms with Crippen molar-refractivity contribution in [1.29, 1.82) is 0 Å². The van der Waals surface area contributed by atoms with Gasteiger partial charge in [-0.05, 0) is 46.0 Å². The molecule has 25 heavy (non-hydrogen) atoms. The van der Waals surface area contributed by atoms with Crippen LogP contribution in [0.3, 0.4) is 0 Å². The first-order valence-electron chi connectivity index (χ1n) is 8.68. The van der Waals surface area contributed by atoms with E-state index in [2.05, 4.69) is 10.3 Å². The molecule has 7 heteroatoms. The Morgan fingerprint density at radius 2 is 1.84 bits per heavy atom. The number of methoxy groups -OCH3 is 1. The third-order valence-electron chi connectivity index (χ3n) is 4.06.